The minimum absolute atomic E-state index is 0.0836. The molecule has 0 spiro atoms. The number of aliphatic hydroxyl groups is 4. The highest BCUT2D eigenvalue weighted by molar-refractivity contribution is 5.01. The van der Waals surface area contributed by atoms with Crippen molar-refractivity contribution in [2.75, 3.05) is 13.2 Å². The third-order valence-electron chi connectivity index (χ3n) is 8.30. The van der Waals surface area contributed by atoms with Crippen LogP contribution in [0.25, 0.3) is 0 Å². The molecule has 2 saturated heterocycles. The van der Waals surface area contributed by atoms with Crippen molar-refractivity contribution in [3.8, 4) is 0 Å². The molecule has 3 fully saturated rings. The summed E-state index contributed by atoms with van der Waals surface area (Å²) in [7, 11) is 0. The van der Waals surface area contributed by atoms with Crippen LogP contribution in [0.2, 0.25) is 0 Å². The fourth-order valence-corrected chi connectivity index (χ4v) is 5.74. The molecule has 2 aliphatic heterocycles. The summed E-state index contributed by atoms with van der Waals surface area (Å²) in [6.07, 6.45) is -4.68. The summed E-state index contributed by atoms with van der Waals surface area (Å²) in [4.78, 5) is 0. The van der Waals surface area contributed by atoms with E-state index < -0.39 is 91.7 Å². The highest BCUT2D eigenvalue weighted by atomic mass is 16.7. The van der Waals surface area contributed by atoms with Crippen LogP contribution < -0.4 is 28.7 Å². The average molecular weight is 580 g/mol. The van der Waals surface area contributed by atoms with Crippen LogP contribution in [0.4, 0.5) is 0 Å². The molecule has 14 nitrogen and oxygen atoms in total. The van der Waals surface area contributed by atoms with E-state index in [2.05, 4.69) is 6.92 Å². The molecule has 0 radical (unpaired) electrons. The quantitative estimate of drug-likeness (QED) is 0.0991. The minimum Gasteiger partial charge on any atom is -0.388 e. The van der Waals surface area contributed by atoms with E-state index in [0.29, 0.717) is 6.61 Å². The third kappa shape index (κ3) is 8.08. The minimum atomic E-state index is -1.36. The molecule has 14 N–H and O–H groups in total. The molecule has 236 valence electrons. The molecular weight excluding hydrogens is 526 g/mol. The monoisotopic (exact) mass is 579 g/mol. The van der Waals surface area contributed by atoms with Gasteiger partial charge in [0, 0.05) is 25.2 Å². The molecule has 0 bridgehead atoms. The Bertz CT molecular complexity index is 743. The summed E-state index contributed by atoms with van der Waals surface area (Å²) in [5.74, 6) is 0. The maximum atomic E-state index is 11.2. The molecule has 0 aromatic heterocycles. The van der Waals surface area contributed by atoms with Gasteiger partial charge in [0.05, 0.1) is 18.2 Å². The second kappa shape index (κ2) is 15.8. The third-order valence-corrected chi connectivity index (χ3v) is 8.30. The molecule has 14 heteroatoms. The van der Waals surface area contributed by atoms with E-state index in [1.165, 1.54) is 19.3 Å². The zero-order valence-electron chi connectivity index (χ0n) is 23.7. The zero-order valence-corrected chi connectivity index (χ0v) is 23.7. The number of hydrogen-bond acceptors (Lipinski definition) is 14. The standard InChI is InChI=1S/C26H53N5O9/c1-3-4-5-6-7-8-9-36-22-12(2)37-26(20(34)16(22)30)40-24-14(29)10-13(28)23(21(24)35)39-25-17(31)19(33)18(32)15(11-27)38-25/h12-26,32-35H,3-11,27-31H2,1-2H3/t12-,13+,14-,15-,16-,17-,18-,19-,20-,21+,22-,23-,24+,25-,26-/m1/s1. The van der Waals surface area contributed by atoms with Crippen LogP contribution in [0.15, 0.2) is 0 Å². The van der Waals surface area contributed by atoms with Crippen LogP contribution in [-0.2, 0) is 23.7 Å². The normalized spacial score (nSPS) is 46.4. The van der Waals surface area contributed by atoms with Gasteiger partial charge >= 0.3 is 0 Å². The lowest BCUT2D eigenvalue weighted by molar-refractivity contribution is -0.317. The molecule has 0 aromatic carbocycles. The van der Waals surface area contributed by atoms with E-state index in [9.17, 15) is 20.4 Å². The smallest absolute Gasteiger partial charge is 0.186 e. The molecule has 15 atom stereocenters. The molecule has 1 aliphatic carbocycles. The van der Waals surface area contributed by atoms with Crippen molar-refractivity contribution in [2.24, 2.45) is 28.7 Å². The maximum absolute atomic E-state index is 11.2. The van der Waals surface area contributed by atoms with Gasteiger partial charge in [-0.2, -0.15) is 0 Å². The van der Waals surface area contributed by atoms with E-state index in [4.69, 9.17) is 52.4 Å². The van der Waals surface area contributed by atoms with Crippen LogP contribution in [-0.4, -0.2) is 125 Å². The largest absolute Gasteiger partial charge is 0.388 e. The van der Waals surface area contributed by atoms with E-state index in [0.717, 1.165) is 19.3 Å². The van der Waals surface area contributed by atoms with E-state index in [-0.39, 0.29) is 13.0 Å². The number of nitrogens with two attached hydrogens (primary N) is 5. The second-order valence-corrected chi connectivity index (χ2v) is 11.5. The van der Waals surface area contributed by atoms with Gasteiger partial charge in [0.2, 0.25) is 0 Å². The van der Waals surface area contributed by atoms with Crippen LogP contribution in [0.1, 0.15) is 58.8 Å². The van der Waals surface area contributed by atoms with Gasteiger partial charge in [-0.1, -0.05) is 39.0 Å². The molecule has 3 aliphatic rings. The highest BCUT2D eigenvalue weighted by Gasteiger charge is 2.51. The van der Waals surface area contributed by atoms with Crippen molar-refractivity contribution in [3.05, 3.63) is 0 Å². The Hall–Kier alpha value is -0.560. The molecular formula is C26H53N5O9. The molecule has 0 aromatic rings. The molecule has 1 saturated carbocycles. The Balaban J connectivity index is 1.58. The summed E-state index contributed by atoms with van der Waals surface area (Å²) in [5.41, 5.74) is 30.5. The molecule has 3 rings (SSSR count). The van der Waals surface area contributed by atoms with Crippen molar-refractivity contribution in [1.82, 2.24) is 0 Å². The summed E-state index contributed by atoms with van der Waals surface area (Å²) in [6.45, 7) is 4.41. The van der Waals surface area contributed by atoms with Crippen LogP contribution in [0.5, 0.6) is 0 Å². The fourth-order valence-electron chi connectivity index (χ4n) is 5.74. The van der Waals surface area contributed by atoms with Gasteiger partial charge < -0.3 is 72.8 Å². The lowest BCUT2D eigenvalue weighted by Crippen LogP contribution is -2.69. The van der Waals surface area contributed by atoms with Gasteiger partial charge in [-0.3, -0.25) is 0 Å². The van der Waals surface area contributed by atoms with Crippen molar-refractivity contribution < 1.29 is 44.1 Å². The van der Waals surface area contributed by atoms with E-state index in [1.807, 2.05) is 0 Å². The molecule has 0 amide bonds. The average Bonchev–Trinajstić information content (AvgIpc) is 2.92. The lowest BCUT2D eigenvalue weighted by Gasteiger charge is -2.48. The number of ether oxygens (including phenoxy) is 5. The zero-order chi connectivity index (χ0) is 29.6. The maximum Gasteiger partial charge on any atom is 0.186 e. The first-order chi connectivity index (χ1) is 19.0. The van der Waals surface area contributed by atoms with Crippen LogP contribution >= 0.6 is 0 Å². The Morgan fingerprint density at radius 2 is 1.30 bits per heavy atom. The van der Waals surface area contributed by atoms with Crippen molar-refractivity contribution in [2.45, 2.75) is 150 Å². The topological polar surface area (TPSA) is 257 Å². The molecule has 0 unspecified atom stereocenters. The van der Waals surface area contributed by atoms with Gasteiger partial charge in [0.25, 0.3) is 0 Å². The Morgan fingerprint density at radius 1 is 0.700 bits per heavy atom. The first kappa shape index (κ1) is 33.9. The predicted octanol–water partition coefficient (Wildman–Crippen LogP) is -2.91. The second-order valence-electron chi connectivity index (χ2n) is 11.5. The first-order valence-corrected chi connectivity index (χ1v) is 14.7. The Kier molecular flexibility index (Phi) is 13.4. The number of rotatable bonds is 13. The van der Waals surface area contributed by atoms with Gasteiger partial charge in [-0.25, -0.2) is 0 Å². The molecule has 2 heterocycles. The molecule has 40 heavy (non-hydrogen) atoms. The van der Waals surface area contributed by atoms with Gasteiger partial charge in [0.15, 0.2) is 12.6 Å². The Morgan fingerprint density at radius 3 is 1.93 bits per heavy atom. The van der Waals surface area contributed by atoms with Crippen LogP contribution in [0, 0.1) is 0 Å². The van der Waals surface area contributed by atoms with Crippen molar-refractivity contribution >= 4 is 0 Å². The predicted molar refractivity (Wildman–Crippen MR) is 145 cm³/mol. The Labute approximate surface area is 236 Å². The summed E-state index contributed by atoms with van der Waals surface area (Å²) in [6, 6.07) is -3.34. The highest BCUT2D eigenvalue weighted by Crippen LogP contribution is 2.31. The van der Waals surface area contributed by atoms with Gasteiger partial charge in [-0.05, 0) is 19.8 Å². The summed E-state index contributed by atoms with van der Waals surface area (Å²) >= 11 is 0. The van der Waals surface area contributed by atoms with Gasteiger partial charge in [-0.15, -0.1) is 0 Å². The number of unbranched alkanes of at least 4 members (excludes halogenated alkanes) is 5. The fraction of sp³-hybridized carbons (Fsp3) is 1.00. The van der Waals surface area contributed by atoms with Gasteiger partial charge in [0.1, 0.15) is 48.8 Å². The lowest BCUT2D eigenvalue weighted by atomic mass is 9.84. The number of aliphatic hydroxyl groups excluding tert-OH is 4. The summed E-state index contributed by atoms with van der Waals surface area (Å²) < 4.78 is 29.5. The number of hydrogen-bond donors (Lipinski definition) is 9. The first-order valence-electron chi connectivity index (χ1n) is 14.7. The van der Waals surface area contributed by atoms with E-state index in [1.54, 1.807) is 6.92 Å². The SMILES string of the molecule is CCCCCCCCO[C@H]1[C@H](N)[C@@H](O)[C@@H](O[C@@H]2[C@@H](O)[C@H](O[C@H]3O[C@H](CN)[C@@H](O)[C@H](O)[C@H]3N)[C@@H](N)C[C@H]2N)O[C@@H]1C. The summed E-state index contributed by atoms with van der Waals surface area (Å²) in [5, 5.41) is 42.6. The van der Waals surface area contributed by atoms with E-state index >= 15 is 0 Å². The van der Waals surface area contributed by atoms with Crippen molar-refractivity contribution in [3.63, 3.8) is 0 Å². The van der Waals surface area contributed by atoms with Crippen molar-refractivity contribution in [1.29, 1.82) is 0 Å². The van der Waals surface area contributed by atoms with Crippen LogP contribution in [0.3, 0.4) is 0 Å².